The zero-order valence-electron chi connectivity index (χ0n) is 13.2. The molecule has 0 N–H and O–H groups in total. The maximum atomic E-state index is 12.6. The lowest BCUT2D eigenvalue weighted by atomic mass is 10.2. The van der Waals surface area contributed by atoms with Crippen LogP contribution in [-0.2, 0) is 16.1 Å². The second-order valence-corrected chi connectivity index (χ2v) is 7.00. The van der Waals surface area contributed by atoms with E-state index in [4.69, 9.17) is 11.6 Å². The van der Waals surface area contributed by atoms with Gasteiger partial charge in [-0.3, -0.25) is 9.59 Å². The lowest BCUT2D eigenvalue weighted by Gasteiger charge is -2.30. The fourth-order valence-corrected chi connectivity index (χ4v) is 3.68. The van der Waals surface area contributed by atoms with Crippen LogP contribution in [0, 0.1) is 0 Å². The molecule has 24 heavy (non-hydrogen) atoms. The molecule has 1 aliphatic heterocycles. The van der Waals surface area contributed by atoms with E-state index in [2.05, 4.69) is 0 Å². The topological polar surface area (TPSA) is 40.6 Å². The average Bonchev–Trinajstić information content (AvgIpc) is 2.59. The molecule has 1 aliphatic rings. The van der Waals surface area contributed by atoms with Crippen LogP contribution < -0.4 is 4.90 Å². The number of carbonyl (C=O) groups is 2. The van der Waals surface area contributed by atoms with Crippen molar-refractivity contribution in [3.63, 3.8) is 0 Å². The first-order chi connectivity index (χ1) is 11.6. The molecule has 0 unspecified atom stereocenters. The summed E-state index contributed by atoms with van der Waals surface area (Å²) >= 11 is 7.66. The van der Waals surface area contributed by atoms with E-state index >= 15 is 0 Å². The third kappa shape index (κ3) is 3.57. The number of hydrogen-bond acceptors (Lipinski definition) is 3. The Balaban J connectivity index is 1.72. The summed E-state index contributed by atoms with van der Waals surface area (Å²) in [5, 5.41) is 0.632. The van der Waals surface area contributed by atoms with Gasteiger partial charge in [-0.2, -0.15) is 0 Å². The lowest BCUT2D eigenvalue weighted by molar-refractivity contribution is -0.130. The molecule has 6 heteroatoms. The molecule has 0 aliphatic carbocycles. The van der Waals surface area contributed by atoms with Gasteiger partial charge < -0.3 is 9.80 Å². The van der Waals surface area contributed by atoms with Crippen LogP contribution >= 0.6 is 23.4 Å². The first-order valence-electron chi connectivity index (χ1n) is 7.56. The first kappa shape index (κ1) is 16.9. The highest BCUT2D eigenvalue weighted by molar-refractivity contribution is 8.00. The van der Waals surface area contributed by atoms with Crippen LogP contribution in [0.15, 0.2) is 53.4 Å². The number of para-hydroxylation sites is 1. The summed E-state index contributed by atoms with van der Waals surface area (Å²) in [4.78, 5) is 29.0. The predicted molar refractivity (Wildman–Crippen MR) is 97.4 cm³/mol. The summed E-state index contributed by atoms with van der Waals surface area (Å²) in [5.41, 5.74) is 1.69. The number of halogens is 1. The van der Waals surface area contributed by atoms with Gasteiger partial charge in [-0.05, 0) is 23.8 Å². The van der Waals surface area contributed by atoms with Gasteiger partial charge in [-0.15, -0.1) is 11.8 Å². The maximum absolute atomic E-state index is 12.6. The molecule has 0 fully saturated rings. The summed E-state index contributed by atoms with van der Waals surface area (Å²) < 4.78 is 0. The van der Waals surface area contributed by atoms with E-state index < -0.39 is 0 Å². The predicted octanol–water partition coefficient (Wildman–Crippen LogP) is 3.44. The Hall–Kier alpha value is -1.98. The summed E-state index contributed by atoms with van der Waals surface area (Å²) in [7, 11) is 1.72. The van der Waals surface area contributed by atoms with Gasteiger partial charge in [0.25, 0.3) is 0 Å². The molecule has 3 rings (SSSR count). The highest BCUT2D eigenvalue weighted by atomic mass is 35.5. The van der Waals surface area contributed by atoms with Crippen molar-refractivity contribution < 1.29 is 9.59 Å². The summed E-state index contributed by atoms with van der Waals surface area (Å²) in [6.07, 6.45) is 0. The summed E-state index contributed by atoms with van der Waals surface area (Å²) in [5.74, 6) is 0.196. The SMILES string of the molecule is CN(Cc1ccccc1Cl)C(=O)CN1C(=O)CSc2ccccc21. The Labute approximate surface area is 150 Å². The smallest absolute Gasteiger partial charge is 0.242 e. The average molecular weight is 361 g/mol. The van der Waals surface area contributed by atoms with Crippen LogP contribution in [0.5, 0.6) is 0 Å². The number of nitrogens with zero attached hydrogens (tertiary/aromatic N) is 2. The van der Waals surface area contributed by atoms with Crippen molar-refractivity contribution >= 4 is 40.9 Å². The van der Waals surface area contributed by atoms with Crippen LogP contribution in [0.3, 0.4) is 0 Å². The van der Waals surface area contributed by atoms with Gasteiger partial charge in [0.1, 0.15) is 6.54 Å². The number of hydrogen-bond donors (Lipinski definition) is 0. The quantitative estimate of drug-likeness (QED) is 0.838. The number of carbonyl (C=O) groups excluding carboxylic acids is 2. The third-order valence-electron chi connectivity index (χ3n) is 3.89. The first-order valence-corrected chi connectivity index (χ1v) is 8.92. The summed E-state index contributed by atoms with van der Waals surface area (Å²) in [6.45, 7) is 0.453. The van der Waals surface area contributed by atoms with Crippen LogP contribution in [0.1, 0.15) is 5.56 Å². The zero-order valence-corrected chi connectivity index (χ0v) is 14.8. The van der Waals surface area contributed by atoms with E-state index in [1.165, 1.54) is 11.8 Å². The number of amides is 2. The normalized spacial score (nSPS) is 13.6. The van der Waals surface area contributed by atoms with Crippen LogP contribution in [0.25, 0.3) is 0 Å². The molecule has 0 aromatic heterocycles. The van der Waals surface area contributed by atoms with Crippen LogP contribution in [0.2, 0.25) is 5.02 Å². The molecular formula is C18H17ClN2O2S. The minimum Gasteiger partial charge on any atom is -0.340 e. The van der Waals surface area contributed by atoms with Crippen LogP contribution in [0.4, 0.5) is 5.69 Å². The van der Waals surface area contributed by atoms with Crippen molar-refractivity contribution in [2.45, 2.75) is 11.4 Å². The minimum absolute atomic E-state index is 0.0390. The van der Waals surface area contributed by atoms with Crippen molar-refractivity contribution in [3.8, 4) is 0 Å². The van der Waals surface area contributed by atoms with Gasteiger partial charge in [0, 0.05) is 23.5 Å². The van der Waals surface area contributed by atoms with E-state index in [9.17, 15) is 9.59 Å². The Bertz CT molecular complexity index is 781. The fraction of sp³-hybridized carbons (Fsp3) is 0.222. The van der Waals surface area contributed by atoms with Gasteiger partial charge in [0.05, 0.1) is 11.4 Å². The molecule has 0 saturated heterocycles. The second-order valence-electron chi connectivity index (χ2n) is 5.58. The molecule has 124 valence electrons. The largest absolute Gasteiger partial charge is 0.340 e. The third-order valence-corrected chi connectivity index (χ3v) is 5.31. The molecular weight excluding hydrogens is 344 g/mol. The van der Waals surface area contributed by atoms with E-state index in [1.54, 1.807) is 22.9 Å². The molecule has 2 amide bonds. The van der Waals surface area contributed by atoms with Gasteiger partial charge in [0.2, 0.25) is 11.8 Å². The Morgan fingerprint density at radius 1 is 1.21 bits per heavy atom. The standard InChI is InChI=1S/C18H17ClN2O2S/c1-20(10-13-6-2-3-7-14(13)19)17(22)11-21-15-8-4-5-9-16(15)24-12-18(21)23/h2-9H,10-12H2,1H3. The Kier molecular flexibility index (Phi) is 5.11. The van der Waals surface area contributed by atoms with Crippen LogP contribution in [-0.4, -0.2) is 36.1 Å². The van der Waals surface area contributed by atoms with E-state index in [0.29, 0.717) is 17.3 Å². The van der Waals surface area contributed by atoms with E-state index in [0.717, 1.165) is 16.1 Å². The van der Waals surface area contributed by atoms with Gasteiger partial charge in [0.15, 0.2) is 0 Å². The zero-order chi connectivity index (χ0) is 17.1. The highest BCUT2D eigenvalue weighted by Gasteiger charge is 2.27. The van der Waals surface area contributed by atoms with Gasteiger partial charge >= 0.3 is 0 Å². The molecule has 4 nitrogen and oxygen atoms in total. The molecule has 1 heterocycles. The molecule has 0 saturated carbocycles. The van der Waals surface area contributed by atoms with Crippen molar-refractivity contribution in [1.82, 2.24) is 4.90 Å². The second kappa shape index (κ2) is 7.28. The van der Waals surface area contributed by atoms with Gasteiger partial charge in [-0.1, -0.05) is 41.9 Å². The Morgan fingerprint density at radius 3 is 2.71 bits per heavy atom. The number of thioether (sulfide) groups is 1. The number of likely N-dealkylation sites (N-methyl/N-ethyl adjacent to an activating group) is 1. The fourth-order valence-electron chi connectivity index (χ4n) is 2.55. The van der Waals surface area contributed by atoms with Crippen molar-refractivity contribution in [2.75, 3.05) is 24.2 Å². The molecule has 0 spiro atoms. The molecule has 0 radical (unpaired) electrons. The monoisotopic (exact) mass is 360 g/mol. The van der Waals surface area contributed by atoms with E-state index in [1.807, 2.05) is 42.5 Å². The number of fused-ring (bicyclic) bond motifs is 1. The molecule has 0 bridgehead atoms. The molecule has 0 atom stereocenters. The van der Waals surface area contributed by atoms with Gasteiger partial charge in [-0.25, -0.2) is 0 Å². The highest BCUT2D eigenvalue weighted by Crippen LogP contribution is 2.34. The maximum Gasteiger partial charge on any atom is 0.242 e. The van der Waals surface area contributed by atoms with E-state index in [-0.39, 0.29) is 18.4 Å². The molecule has 2 aromatic rings. The van der Waals surface area contributed by atoms with Crippen molar-refractivity contribution in [3.05, 3.63) is 59.1 Å². The Morgan fingerprint density at radius 2 is 1.92 bits per heavy atom. The van der Waals surface area contributed by atoms with Crippen molar-refractivity contribution in [2.24, 2.45) is 0 Å². The number of rotatable bonds is 4. The number of benzene rings is 2. The lowest BCUT2D eigenvalue weighted by Crippen LogP contribution is -2.43. The minimum atomic E-state index is -0.120. The summed E-state index contributed by atoms with van der Waals surface area (Å²) in [6, 6.07) is 15.1. The van der Waals surface area contributed by atoms with Crippen molar-refractivity contribution in [1.29, 1.82) is 0 Å². The molecule has 2 aromatic carbocycles. The number of anilines is 1.